The van der Waals surface area contributed by atoms with E-state index in [1.165, 1.54) is 0 Å². The largest absolute Gasteiger partial charge is 0.477 e. The molecule has 0 bridgehead atoms. The second kappa shape index (κ2) is 12.4. The van der Waals surface area contributed by atoms with Gasteiger partial charge < -0.3 is 20.7 Å². The molecule has 0 saturated carbocycles. The Morgan fingerprint density at radius 3 is 2.79 bits per heavy atom. The maximum Gasteiger partial charge on any atom is 0.251 e. The van der Waals surface area contributed by atoms with Crippen LogP contribution in [0.15, 0.2) is 47.6 Å². The number of aromatic nitrogens is 1. The predicted octanol–water partition coefficient (Wildman–Crippen LogP) is 2.53. The van der Waals surface area contributed by atoms with Gasteiger partial charge >= 0.3 is 0 Å². The second-order valence-corrected chi connectivity index (χ2v) is 6.47. The zero-order chi connectivity index (χ0) is 20.9. The maximum atomic E-state index is 11.8. The van der Waals surface area contributed by atoms with Crippen molar-refractivity contribution >= 4 is 11.9 Å². The topological polar surface area (TPSA) is 87.6 Å². The fourth-order valence-electron chi connectivity index (χ4n) is 2.72. The Bertz CT molecular complexity index is 807. The minimum atomic E-state index is -0.0766. The lowest BCUT2D eigenvalue weighted by atomic mass is 10.1. The van der Waals surface area contributed by atoms with E-state index in [4.69, 9.17) is 4.74 Å². The number of ether oxygens (including phenoxy) is 1. The standard InChI is InChI=1S/C22H31N5O2/c1-4-14-29-21-19(10-7-12-25-21)16-27-22(24-5-2)26-13-11-17-8-6-9-18(15-17)20(28)23-3/h6-10,12,15H,4-5,11,13-14,16H2,1-3H3,(H,23,28)(H2,24,26,27). The number of benzene rings is 1. The smallest absolute Gasteiger partial charge is 0.251 e. The highest BCUT2D eigenvalue weighted by molar-refractivity contribution is 5.94. The number of rotatable bonds is 10. The first-order chi connectivity index (χ1) is 14.2. The number of carbonyl (C=O) groups excluding carboxylic acids is 1. The van der Waals surface area contributed by atoms with Crippen LogP contribution in [0.4, 0.5) is 0 Å². The average Bonchev–Trinajstić information content (AvgIpc) is 2.76. The number of guanidine groups is 1. The third-order valence-corrected chi connectivity index (χ3v) is 4.17. The van der Waals surface area contributed by atoms with Crippen molar-refractivity contribution in [3.63, 3.8) is 0 Å². The number of amides is 1. The SMILES string of the molecule is CCCOc1ncccc1CN=C(NCC)NCCc1cccc(C(=O)NC)c1. The summed E-state index contributed by atoms with van der Waals surface area (Å²) >= 11 is 0. The molecule has 29 heavy (non-hydrogen) atoms. The van der Waals surface area contributed by atoms with Gasteiger partial charge in [-0.1, -0.05) is 25.1 Å². The van der Waals surface area contributed by atoms with Crippen LogP contribution in [0.2, 0.25) is 0 Å². The van der Waals surface area contributed by atoms with E-state index in [2.05, 4.69) is 32.9 Å². The van der Waals surface area contributed by atoms with E-state index in [-0.39, 0.29) is 5.91 Å². The van der Waals surface area contributed by atoms with Crippen molar-refractivity contribution in [3.8, 4) is 5.88 Å². The van der Waals surface area contributed by atoms with Crippen LogP contribution in [-0.4, -0.2) is 43.6 Å². The maximum absolute atomic E-state index is 11.8. The van der Waals surface area contributed by atoms with Gasteiger partial charge in [-0.15, -0.1) is 0 Å². The fraction of sp³-hybridized carbons (Fsp3) is 0.409. The summed E-state index contributed by atoms with van der Waals surface area (Å²) < 4.78 is 5.70. The summed E-state index contributed by atoms with van der Waals surface area (Å²) in [5.41, 5.74) is 2.72. The van der Waals surface area contributed by atoms with Gasteiger partial charge in [-0.05, 0) is 43.5 Å². The third-order valence-electron chi connectivity index (χ3n) is 4.17. The summed E-state index contributed by atoms with van der Waals surface area (Å²) in [5, 5.41) is 9.25. The molecule has 0 aliphatic heterocycles. The average molecular weight is 398 g/mol. The van der Waals surface area contributed by atoms with Gasteiger partial charge in [-0.2, -0.15) is 0 Å². The van der Waals surface area contributed by atoms with Crippen molar-refractivity contribution in [3.05, 3.63) is 59.3 Å². The Morgan fingerprint density at radius 2 is 2.03 bits per heavy atom. The molecule has 7 nitrogen and oxygen atoms in total. The Morgan fingerprint density at radius 1 is 1.17 bits per heavy atom. The molecule has 0 fully saturated rings. The summed E-state index contributed by atoms with van der Waals surface area (Å²) in [6.45, 7) is 6.69. The first-order valence-electron chi connectivity index (χ1n) is 10.1. The molecular formula is C22H31N5O2. The van der Waals surface area contributed by atoms with Crippen LogP contribution in [0.1, 0.15) is 41.8 Å². The van der Waals surface area contributed by atoms with Gasteiger partial charge in [0, 0.05) is 37.5 Å². The minimum Gasteiger partial charge on any atom is -0.477 e. The van der Waals surface area contributed by atoms with Crippen molar-refractivity contribution in [1.29, 1.82) is 0 Å². The van der Waals surface area contributed by atoms with Crippen molar-refractivity contribution < 1.29 is 9.53 Å². The lowest BCUT2D eigenvalue weighted by Crippen LogP contribution is -2.38. The van der Waals surface area contributed by atoms with E-state index >= 15 is 0 Å². The molecule has 0 radical (unpaired) electrons. The summed E-state index contributed by atoms with van der Waals surface area (Å²) in [5.74, 6) is 1.30. The molecule has 1 amide bonds. The molecule has 0 aliphatic rings. The fourth-order valence-corrected chi connectivity index (χ4v) is 2.72. The van der Waals surface area contributed by atoms with Crippen molar-refractivity contribution in [2.75, 3.05) is 26.7 Å². The number of nitrogens with one attached hydrogen (secondary N) is 3. The van der Waals surface area contributed by atoms with Crippen molar-refractivity contribution in [2.24, 2.45) is 4.99 Å². The van der Waals surface area contributed by atoms with E-state index in [0.717, 1.165) is 36.5 Å². The Kier molecular flexibility index (Phi) is 9.48. The molecule has 0 unspecified atom stereocenters. The molecule has 0 atom stereocenters. The number of aliphatic imine (C=N–C) groups is 1. The molecule has 0 saturated heterocycles. The zero-order valence-electron chi connectivity index (χ0n) is 17.5. The minimum absolute atomic E-state index is 0.0766. The normalized spacial score (nSPS) is 11.1. The molecule has 2 aromatic rings. The van der Waals surface area contributed by atoms with Crippen molar-refractivity contribution in [1.82, 2.24) is 20.9 Å². The highest BCUT2D eigenvalue weighted by Crippen LogP contribution is 2.15. The van der Waals surface area contributed by atoms with Crippen LogP contribution in [-0.2, 0) is 13.0 Å². The number of nitrogens with zero attached hydrogens (tertiary/aromatic N) is 2. The summed E-state index contributed by atoms with van der Waals surface area (Å²) in [7, 11) is 1.64. The third kappa shape index (κ3) is 7.44. The number of carbonyl (C=O) groups is 1. The van der Waals surface area contributed by atoms with Gasteiger partial charge in [0.05, 0.1) is 13.2 Å². The first-order valence-corrected chi connectivity index (χ1v) is 10.1. The van der Waals surface area contributed by atoms with E-state index < -0.39 is 0 Å². The van der Waals surface area contributed by atoms with E-state index in [1.54, 1.807) is 13.2 Å². The van der Waals surface area contributed by atoms with Crippen LogP contribution < -0.4 is 20.7 Å². The second-order valence-electron chi connectivity index (χ2n) is 6.47. The Balaban J connectivity index is 1.96. The van der Waals surface area contributed by atoms with Crippen LogP contribution in [0.25, 0.3) is 0 Å². The quantitative estimate of drug-likeness (QED) is 0.424. The van der Waals surface area contributed by atoms with Crippen LogP contribution in [0.3, 0.4) is 0 Å². The number of hydrogen-bond acceptors (Lipinski definition) is 4. The lowest BCUT2D eigenvalue weighted by Gasteiger charge is -2.12. The molecule has 0 spiro atoms. The number of hydrogen-bond donors (Lipinski definition) is 3. The number of pyridine rings is 1. The summed E-state index contributed by atoms with van der Waals surface area (Å²) in [6.07, 6.45) is 3.45. The van der Waals surface area contributed by atoms with E-state index in [9.17, 15) is 4.79 Å². The molecule has 7 heteroatoms. The monoisotopic (exact) mass is 397 g/mol. The van der Waals surface area contributed by atoms with Gasteiger partial charge in [-0.3, -0.25) is 4.79 Å². The van der Waals surface area contributed by atoms with Crippen LogP contribution in [0.5, 0.6) is 5.88 Å². The first kappa shape index (κ1) is 22.2. The molecule has 3 N–H and O–H groups in total. The Labute approximate surface area is 173 Å². The highest BCUT2D eigenvalue weighted by atomic mass is 16.5. The predicted molar refractivity (Wildman–Crippen MR) is 116 cm³/mol. The highest BCUT2D eigenvalue weighted by Gasteiger charge is 2.06. The van der Waals surface area contributed by atoms with Gasteiger partial charge in [0.1, 0.15) is 0 Å². The van der Waals surface area contributed by atoms with Crippen LogP contribution >= 0.6 is 0 Å². The molecule has 0 aliphatic carbocycles. The molecule has 1 aromatic heterocycles. The van der Waals surface area contributed by atoms with Gasteiger partial charge in [-0.25, -0.2) is 9.98 Å². The molecule has 2 rings (SSSR count). The molecule has 1 heterocycles. The van der Waals surface area contributed by atoms with Gasteiger partial charge in [0.25, 0.3) is 5.91 Å². The van der Waals surface area contributed by atoms with E-state index in [0.29, 0.717) is 31.1 Å². The lowest BCUT2D eigenvalue weighted by molar-refractivity contribution is 0.0963. The van der Waals surface area contributed by atoms with Crippen molar-refractivity contribution in [2.45, 2.75) is 33.2 Å². The summed E-state index contributed by atoms with van der Waals surface area (Å²) in [6, 6.07) is 11.5. The van der Waals surface area contributed by atoms with E-state index in [1.807, 2.05) is 43.3 Å². The Hall–Kier alpha value is -3.09. The molecule has 1 aromatic carbocycles. The zero-order valence-corrected chi connectivity index (χ0v) is 17.5. The van der Waals surface area contributed by atoms with Crippen LogP contribution in [0, 0.1) is 0 Å². The van der Waals surface area contributed by atoms with Gasteiger partial charge in [0.2, 0.25) is 5.88 Å². The molecule has 156 valence electrons. The summed E-state index contributed by atoms with van der Waals surface area (Å²) in [4.78, 5) is 20.7. The molecular weight excluding hydrogens is 366 g/mol. The van der Waals surface area contributed by atoms with Gasteiger partial charge in [0.15, 0.2) is 5.96 Å².